The lowest BCUT2D eigenvalue weighted by Gasteiger charge is -2.32. The number of hydrogen-bond donors (Lipinski definition) is 2. The number of carbonyl (C=O) groups excluding carboxylic acids is 1. The van der Waals surface area contributed by atoms with Gasteiger partial charge in [-0.2, -0.15) is 0 Å². The molecule has 0 atom stereocenters. The summed E-state index contributed by atoms with van der Waals surface area (Å²) in [5.41, 5.74) is 2.24. The number of rotatable bonds is 6. The number of nitrogens with one attached hydrogen (secondary N) is 2. The van der Waals surface area contributed by atoms with E-state index in [1.807, 2.05) is 29.3 Å². The molecule has 4 rings (SSSR count). The fraction of sp³-hybridized carbons (Fsp3) is 0.350. The Morgan fingerprint density at radius 3 is 2.71 bits per heavy atom. The van der Waals surface area contributed by atoms with Crippen LogP contribution in [0.2, 0.25) is 0 Å². The summed E-state index contributed by atoms with van der Waals surface area (Å²) in [5.74, 6) is 0.129. The second-order valence-electron chi connectivity index (χ2n) is 7.07. The monoisotopic (exact) mass is 417 g/mol. The molecular formula is C20H23N3O3S2. The highest BCUT2D eigenvalue weighted by Gasteiger charge is 2.27. The van der Waals surface area contributed by atoms with E-state index < -0.39 is 10.0 Å². The van der Waals surface area contributed by atoms with Crippen molar-refractivity contribution >= 4 is 38.2 Å². The van der Waals surface area contributed by atoms with Crippen LogP contribution in [0.1, 0.15) is 24.8 Å². The quantitative estimate of drug-likeness (QED) is 0.646. The van der Waals surface area contributed by atoms with E-state index in [1.165, 1.54) is 11.3 Å². The molecule has 1 amide bonds. The number of thiophene rings is 1. The molecule has 1 aliphatic heterocycles. The Kier molecular flexibility index (Phi) is 5.52. The highest BCUT2D eigenvalue weighted by atomic mass is 32.2. The average Bonchev–Trinajstić information content (AvgIpc) is 3.37. The molecule has 0 spiro atoms. The van der Waals surface area contributed by atoms with Crippen LogP contribution in [-0.4, -0.2) is 43.3 Å². The Bertz CT molecular complexity index is 1050. The first-order valence-electron chi connectivity index (χ1n) is 9.41. The minimum Gasteiger partial charge on any atom is -0.361 e. The Morgan fingerprint density at radius 1 is 1.18 bits per heavy atom. The zero-order valence-electron chi connectivity index (χ0n) is 15.4. The van der Waals surface area contributed by atoms with Crippen LogP contribution in [0, 0.1) is 0 Å². The van der Waals surface area contributed by atoms with Crippen molar-refractivity contribution in [3.8, 4) is 0 Å². The maximum absolute atomic E-state index is 12.6. The number of para-hydroxylation sites is 1. The van der Waals surface area contributed by atoms with Gasteiger partial charge in [-0.25, -0.2) is 13.1 Å². The Hall–Kier alpha value is -2.16. The lowest BCUT2D eigenvalue weighted by Crippen LogP contribution is -2.46. The van der Waals surface area contributed by atoms with Crippen molar-refractivity contribution < 1.29 is 13.2 Å². The fourth-order valence-corrected chi connectivity index (χ4v) is 5.99. The molecule has 6 nitrogen and oxygen atoms in total. The summed E-state index contributed by atoms with van der Waals surface area (Å²) in [6.07, 6.45) is 4.43. The number of likely N-dealkylation sites (tertiary alicyclic amines) is 1. The normalized spacial score (nSPS) is 15.9. The van der Waals surface area contributed by atoms with E-state index in [4.69, 9.17) is 0 Å². The first kappa shape index (κ1) is 19.2. The molecule has 1 fully saturated rings. The molecule has 1 aliphatic rings. The zero-order chi connectivity index (χ0) is 19.6. The summed E-state index contributed by atoms with van der Waals surface area (Å²) in [5, 5.41) is 2.92. The van der Waals surface area contributed by atoms with E-state index in [-0.39, 0.29) is 11.9 Å². The van der Waals surface area contributed by atoms with Crippen LogP contribution < -0.4 is 4.72 Å². The molecule has 3 aromatic rings. The van der Waals surface area contributed by atoms with E-state index >= 15 is 0 Å². The number of nitrogens with zero attached hydrogens (tertiary/aromatic N) is 1. The minimum atomic E-state index is -3.45. The van der Waals surface area contributed by atoms with Gasteiger partial charge in [-0.3, -0.25) is 4.79 Å². The van der Waals surface area contributed by atoms with Crippen molar-refractivity contribution in [3.05, 3.63) is 53.5 Å². The minimum absolute atomic E-state index is 0.121. The second kappa shape index (κ2) is 8.06. The van der Waals surface area contributed by atoms with Crippen LogP contribution in [0.4, 0.5) is 0 Å². The number of aryl methyl sites for hydroxylation is 1. The van der Waals surface area contributed by atoms with Crippen molar-refractivity contribution in [1.82, 2.24) is 14.6 Å². The SMILES string of the molecule is O=C(CCc1c[nH]c2ccccc12)N1CCC(NS(=O)(=O)c2cccs2)CC1. The number of hydrogen-bond acceptors (Lipinski definition) is 4. The van der Waals surface area contributed by atoms with Crippen LogP contribution in [0.3, 0.4) is 0 Å². The number of sulfonamides is 1. The third-order valence-electron chi connectivity index (χ3n) is 5.21. The summed E-state index contributed by atoms with van der Waals surface area (Å²) < 4.78 is 27.8. The van der Waals surface area contributed by atoms with Crippen LogP contribution in [0.25, 0.3) is 10.9 Å². The summed E-state index contributed by atoms with van der Waals surface area (Å²) in [4.78, 5) is 17.7. The Morgan fingerprint density at radius 2 is 1.96 bits per heavy atom. The standard InChI is InChI=1S/C20H23N3O3S2/c24-19(8-7-15-14-21-18-5-2-1-4-17(15)18)23-11-9-16(10-12-23)22-28(25,26)20-6-3-13-27-20/h1-6,13-14,16,21-22H,7-12H2. The predicted octanol–water partition coefficient (Wildman–Crippen LogP) is 3.13. The van der Waals surface area contributed by atoms with Gasteiger partial charge in [-0.1, -0.05) is 24.3 Å². The van der Waals surface area contributed by atoms with Crippen molar-refractivity contribution in [1.29, 1.82) is 0 Å². The maximum Gasteiger partial charge on any atom is 0.250 e. The van der Waals surface area contributed by atoms with Crippen LogP contribution in [0.5, 0.6) is 0 Å². The van der Waals surface area contributed by atoms with Crippen molar-refractivity contribution in [2.45, 2.75) is 35.9 Å². The average molecular weight is 418 g/mol. The lowest BCUT2D eigenvalue weighted by molar-refractivity contribution is -0.132. The molecule has 0 aliphatic carbocycles. The summed E-state index contributed by atoms with van der Waals surface area (Å²) in [6, 6.07) is 11.3. The smallest absolute Gasteiger partial charge is 0.250 e. The molecule has 28 heavy (non-hydrogen) atoms. The second-order valence-corrected chi connectivity index (χ2v) is 9.96. The molecule has 0 bridgehead atoms. The van der Waals surface area contributed by atoms with E-state index in [1.54, 1.807) is 17.5 Å². The molecule has 8 heteroatoms. The van der Waals surface area contributed by atoms with E-state index in [0.29, 0.717) is 43.0 Å². The third kappa shape index (κ3) is 4.14. The van der Waals surface area contributed by atoms with Crippen LogP contribution >= 0.6 is 11.3 Å². The van der Waals surface area contributed by atoms with Gasteiger partial charge in [0, 0.05) is 42.7 Å². The van der Waals surface area contributed by atoms with E-state index in [0.717, 1.165) is 16.5 Å². The highest BCUT2D eigenvalue weighted by Crippen LogP contribution is 2.21. The lowest BCUT2D eigenvalue weighted by atomic mass is 10.0. The Labute approximate surface area is 168 Å². The van der Waals surface area contributed by atoms with Crippen molar-refractivity contribution in [2.75, 3.05) is 13.1 Å². The summed E-state index contributed by atoms with van der Waals surface area (Å²) >= 11 is 1.21. The molecule has 2 N–H and O–H groups in total. The molecule has 0 unspecified atom stereocenters. The molecule has 1 saturated heterocycles. The summed E-state index contributed by atoms with van der Waals surface area (Å²) in [6.45, 7) is 1.18. The van der Waals surface area contributed by atoms with Gasteiger partial charge in [-0.15, -0.1) is 11.3 Å². The fourth-order valence-electron chi connectivity index (χ4n) is 3.68. The maximum atomic E-state index is 12.6. The largest absolute Gasteiger partial charge is 0.361 e. The van der Waals surface area contributed by atoms with E-state index in [2.05, 4.69) is 15.8 Å². The molecule has 3 heterocycles. The number of piperidine rings is 1. The number of amides is 1. The number of H-pyrrole nitrogens is 1. The van der Waals surface area contributed by atoms with Gasteiger partial charge in [-0.05, 0) is 42.3 Å². The molecule has 2 aromatic heterocycles. The van der Waals surface area contributed by atoms with Crippen molar-refractivity contribution in [2.24, 2.45) is 0 Å². The summed E-state index contributed by atoms with van der Waals surface area (Å²) in [7, 11) is -3.45. The van der Waals surface area contributed by atoms with E-state index in [9.17, 15) is 13.2 Å². The molecule has 148 valence electrons. The third-order valence-corrected chi connectivity index (χ3v) is 8.13. The van der Waals surface area contributed by atoms with Crippen LogP contribution in [0.15, 0.2) is 52.2 Å². The van der Waals surface area contributed by atoms with Gasteiger partial charge in [0.1, 0.15) is 4.21 Å². The topological polar surface area (TPSA) is 82.3 Å². The highest BCUT2D eigenvalue weighted by molar-refractivity contribution is 7.91. The number of aromatic amines is 1. The Balaban J connectivity index is 1.28. The van der Waals surface area contributed by atoms with Gasteiger partial charge < -0.3 is 9.88 Å². The number of fused-ring (bicyclic) bond motifs is 1. The predicted molar refractivity (Wildman–Crippen MR) is 111 cm³/mol. The first-order valence-corrected chi connectivity index (χ1v) is 11.8. The van der Waals surface area contributed by atoms with Gasteiger partial charge in [0.25, 0.3) is 0 Å². The van der Waals surface area contributed by atoms with Crippen LogP contribution in [-0.2, 0) is 21.2 Å². The zero-order valence-corrected chi connectivity index (χ0v) is 17.1. The molecular weight excluding hydrogens is 394 g/mol. The number of benzene rings is 1. The number of carbonyl (C=O) groups is 1. The first-order chi connectivity index (χ1) is 13.5. The number of aromatic nitrogens is 1. The van der Waals surface area contributed by atoms with Crippen molar-refractivity contribution in [3.63, 3.8) is 0 Å². The van der Waals surface area contributed by atoms with Gasteiger partial charge in [0.05, 0.1) is 0 Å². The van der Waals surface area contributed by atoms with Gasteiger partial charge >= 0.3 is 0 Å². The molecule has 0 radical (unpaired) electrons. The van der Waals surface area contributed by atoms with Gasteiger partial charge in [0.15, 0.2) is 0 Å². The molecule has 1 aromatic carbocycles. The molecule has 0 saturated carbocycles. The van der Waals surface area contributed by atoms with Gasteiger partial charge in [0.2, 0.25) is 15.9 Å².